The fourth-order valence-electron chi connectivity index (χ4n) is 2.99. The molecule has 0 bridgehead atoms. The van der Waals surface area contributed by atoms with Gasteiger partial charge in [0.05, 0.1) is 12.6 Å². The quantitative estimate of drug-likeness (QED) is 0.702. The van der Waals surface area contributed by atoms with E-state index in [0.717, 1.165) is 31.6 Å². The highest BCUT2D eigenvalue weighted by atomic mass is 35.5. The highest BCUT2D eigenvalue weighted by Gasteiger charge is 2.23. The van der Waals surface area contributed by atoms with Gasteiger partial charge in [0.25, 0.3) is 0 Å². The molecule has 1 aromatic rings. The van der Waals surface area contributed by atoms with E-state index in [1.807, 2.05) is 49.1 Å². The van der Waals surface area contributed by atoms with Crippen LogP contribution in [0.25, 0.3) is 0 Å². The number of hydrogen-bond acceptors (Lipinski definition) is 4. The maximum atomic E-state index is 12.8. The number of carbonyl (C=O) groups excluding carboxylic acids is 2. The molecule has 0 saturated carbocycles. The molecule has 6 nitrogen and oxygen atoms in total. The molecule has 1 aliphatic heterocycles. The van der Waals surface area contributed by atoms with E-state index in [0.29, 0.717) is 19.0 Å². The zero-order valence-corrected chi connectivity index (χ0v) is 17.0. The standard InChI is InChI=1S/C20H31N3O3.ClH/c1-15(2)19(21)20(25)22-12-18(24)23(13-16-6-4-3-5-7-16)14-17-8-10-26-11-9-17;/h3-7,15,17,19H,8-14,21H2,1-2H3,(H,22,25);1H/t19-;/m0./s1. The van der Waals surface area contributed by atoms with Gasteiger partial charge in [0, 0.05) is 26.3 Å². The third-order valence-corrected chi connectivity index (χ3v) is 4.82. The maximum Gasteiger partial charge on any atom is 0.242 e. The molecule has 0 spiro atoms. The highest BCUT2D eigenvalue weighted by Crippen LogP contribution is 2.17. The molecule has 0 radical (unpaired) electrons. The summed E-state index contributed by atoms with van der Waals surface area (Å²) < 4.78 is 5.41. The van der Waals surface area contributed by atoms with Crippen LogP contribution in [0.5, 0.6) is 0 Å². The summed E-state index contributed by atoms with van der Waals surface area (Å²) in [7, 11) is 0. The zero-order chi connectivity index (χ0) is 18.9. The third kappa shape index (κ3) is 7.87. The first-order valence-corrected chi connectivity index (χ1v) is 9.40. The number of halogens is 1. The number of nitrogens with zero attached hydrogens (tertiary/aromatic N) is 1. The summed E-state index contributed by atoms with van der Waals surface area (Å²) >= 11 is 0. The van der Waals surface area contributed by atoms with Crippen molar-refractivity contribution in [3.8, 4) is 0 Å². The second-order valence-corrected chi connectivity index (χ2v) is 7.30. The molecule has 1 aliphatic rings. The Balaban J connectivity index is 0.00000364. The van der Waals surface area contributed by atoms with Crippen LogP contribution in [0.2, 0.25) is 0 Å². The van der Waals surface area contributed by atoms with Gasteiger partial charge < -0.3 is 20.7 Å². The summed E-state index contributed by atoms with van der Waals surface area (Å²) in [6, 6.07) is 9.32. The van der Waals surface area contributed by atoms with Gasteiger partial charge in [0.2, 0.25) is 11.8 Å². The minimum atomic E-state index is -0.596. The van der Waals surface area contributed by atoms with E-state index in [9.17, 15) is 9.59 Å². The Hall–Kier alpha value is -1.63. The number of nitrogens with one attached hydrogen (secondary N) is 1. The highest BCUT2D eigenvalue weighted by molar-refractivity contribution is 5.87. The van der Waals surface area contributed by atoms with E-state index in [1.165, 1.54) is 0 Å². The van der Waals surface area contributed by atoms with Crippen molar-refractivity contribution in [3.63, 3.8) is 0 Å². The van der Waals surface area contributed by atoms with E-state index in [1.54, 1.807) is 0 Å². The Bertz CT molecular complexity index is 577. The normalized spacial score (nSPS) is 15.7. The number of carbonyl (C=O) groups is 2. The molecule has 1 saturated heterocycles. The van der Waals surface area contributed by atoms with Crippen LogP contribution in [-0.4, -0.2) is 49.1 Å². The minimum Gasteiger partial charge on any atom is -0.381 e. The van der Waals surface area contributed by atoms with Crippen molar-refractivity contribution >= 4 is 24.2 Å². The van der Waals surface area contributed by atoms with E-state index < -0.39 is 6.04 Å². The summed E-state index contributed by atoms with van der Waals surface area (Å²) in [5, 5.41) is 2.69. The summed E-state index contributed by atoms with van der Waals surface area (Å²) in [6.45, 7) is 6.48. The number of nitrogens with two attached hydrogens (primary N) is 1. The second-order valence-electron chi connectivity index (χ2n) is 7.30. The molecule has 1 heterocycles. The lowest BCUT2D eigenvalue weighted by Crippen LogP contribution is -2.48. The lowest BCUT2D eigenvalue weighted by Gasteiger charge is -2.30. The third-order valence-electron chi connectivity index (χ3n) is 4.82. The molecule has 1 fully saturated rings. The molecular weight excluding hydrogens is 366 g/mol. The first kappa shape index (κ1) is 23.4. The van der Waals surface area contributed by atoms with Crippen molar-refractivity contribution in [1.82, 2.24) is 10.2 Å². The van der Waals surface area contributed by atoms with E-state index in [4.69, 9.17) is 10.5 Å². The first-order valence-electron chi connectivity index (χ1n) is 9.40. The van der Waals surface area contributed by atoms with Crippen molar-refractivity contribution in [2.24, 2.45) is 17.6 Å². The summed E-state index contributed by atoms with van der Waals surface area (Å²) in [4.78, 5) is 26.6. The van der Waals surface area contributed by atoms with E-state index in [2.05, 4.69) is 5.32 Å². The first-order chi connectivity index (χ1) is 12.5. The summed E-state index contributed by atoms with van der Waals surface area (Å²) in [5.41, 5.74) is 6.93. The average Bonchev–Trinajstić information content (AvgIpc) is 2.66. The van der Waals surface area contributed by atoms with Gasteiger partial charge in [0.15, 0.2) is 0 Å². The summed E-state index contributed by atoms with van der Waals surface area (Å²) in [6.07, 6.45) is 1.92. The Morgan fingerprint density at radius 1 is 1.22 bits per heavy atom. The van der Waals surface area contributed by atoms with E-state index in [-0.39, 0.29) is 36.7 Å². The van der Waals surface area contributed by atoms with Gasteiger partial charge in [-0.25, -0.2) is 0 Å². The molecular formula is C20H32ClN3O3. The van der Waals surface area contributed by atoms with Crippen molar-refractivity contribution in [3.05, 3.63) is 35.9 Å². The number of ether oxygens (including phenoxy) is 1. The van der Waals surface area contributed by atoms with Gasteiger partial charge in [0.1, 0.15) is 0 Å². The second kappa shape index (κ2) is 12.0. The van der Waals surface area contributed by atoms with Gasteiger partial charge in [-0.2, -0.15) is 0 Å². The monoisotopic (exact) mass is 397 g/mol. The largest absolute Gasteiger partial charge is 0.381 e. The molecule has 3 N–H and O–H groups in total. The van der Waals surface area contributed by atoms with Crippen LogP contribution >= 0.6 is 12.4 Å². The van der Waals surface area contributed by atoms with Gasteiger partial charge in [-0.1, -0.05) is 44.2 Å². The molecule has 2 amide bonds. The van der Waals surface area contributed by atoms with Crippen LogP contribution in [0.4, 0.5) is 0 Å². The molecule has 1 atom stereocenters. The summed E-state index contributed by atoms with van der Waals surface area (Å²) in [5.74, 6) is 0.113. The maximum absolute atomic E-state index is 12.8. The van der Waals surface area contributed by atoms with E-state index >= 15 is 0 Å². The lowest BCUT2D eigenvalue weighted by atomic mass is 9.99. The molecule has 7 heteroatoms. The Kier molecular flexibility index (Phi) is 10.4. The number of rotatable bonds is 8. The lowest BCUT2D eigenvalue weighted by molar-refractivity contribution is -0.134. The predicted molar refractivity (Wildman–Crippen MR) is 108 cm³/mol. The Morgan fingerprint density at radius 3 is 2.44 bits per heavy atom. The molecule has 0 unspecified atom stereocenters. The van der Waals surface area contributed by atoms with Gasteiger partial charge in [-0.05, 0) is 30.2 Å². The predicted octanol–water partition coefficient (Wildman–Crippen LogP) is 1.96. The van der Waals surface area contributed by atoms with Crippen molar-refractivity contribution in [1.29, 1.82) is 0 Å². The van der Waals surface area contributed by atoms with Crippen molar-refractivity contribution in [2.75, 3.05) is 26.3 Å². The average molecular weight is 398 g/mol. The molecule has 0 aromatic heterocycles. The smallest absolute Gasteiger partial charge is 0.242 e. The van der Waals surface area contributed by atoms with Crippen LogP contribution in [0.15, 0.2) is 30.3 Å². The minimum absolute atomic E-state index is 0. The van der Waals surface area contributed by atoms with Crippen LogP contribution < -0.4 is 11.1 Å². The molecule has 1 aromatic carbocycles. The van der Waals surface area contributed by atoms with Crippen LogP contribution in [0, 0.1) is 11.8 Å². The fourth-order valence-corrected chi connectivity index (χ4v) is 2.99. The van der Waals surface area contributed by atoms with Gasteiger partial charge in [-0.3, -0.25) is 9.59 Å². The van der Waals surface area contributed by atoms with Crippen LogP contribution in [0.3, 0.4) is 0 Å². The Labute approximate surface area is 168 Å². The zero-order valence-electron chi connectivity index (χ0n) is 16.2. The fraction of sp³-hybridized carbons (Fsp3) is 0.600. The molecule has 2 rings (SSSR count). The molecule has 27 heavy (non-hydrogen) atoms. The molecule has 0 aliphatic carbocycles. The number of hydrogen-bond donors (Lipinski definition) is 2. The number of amides is 2. The Morgan fingerprint density at radius 2 is 1.85 bits per heavy atom. The van der Waals surface area contributed by atoms with Crippen molar-refractivity contribution < 1.29 is 14.3 Å². The van der Waals surface area contributed by atoms with Gasteiger partial charge in [-0.15, -0.1) is 12.4 Å². The number of benzene rings is 1. The van der Waals surface area contributed by atoms with Crippen molar-refractivity contribution in [2.45, 2.75) is 39.3 Å². The SMILES string of the molecule is CC(C)[C@H](N)C(=O)NCC(=O)N(Cc1ccccc1)CC1CCOCC1.Cl. The van der Waals surface area contributed by atoms with Crippen LogP contribution in [0.1, 0.15) is 32.3 Å². The van der Waals surface area contributed by atoms with Gasteiger partial charge >= 0.3 is 0 Å². The molecule has 152 valence electrons. The topological polar surface area (TPSA) is 84.7 Å². The van der Waals surface area contributed by atoms with Crippen LogP contribution in [-0.2, 0) is 20.9 Å².